The maximum atomic E-state index is 2.44. The molecular weight excluding hydrogens is 384 g/mol. The maximum absolute atomic E-state index is 2.44. The van der Waals surface area contributed by atoms with E-state index >= 15 is 0 Å². The average Bonchev–Trinajstić information content (AvgIpc) is 3.15. The lowest BCUT2D eigenvalue weighted by molar-refractivity contribution is 0.725. The molecule has 0 fully saturated rings. The Bertz CT molecular complexity index is 1370. The van der Waals surface area contributed by atoms with Gasteiger partial charge in [0.05, 0.1) is 0 Å². The molecule has 3 aliphatic rings. The van der Waals surface area contributed by atoms with E-state index in [1.165, 1.54) is 61.2 Å². The van der Waals surface area contributed by atoms with Crippen molar-refractivity contribution in [2.75, 3.05) is 0 Å². The van der Waals surface area contributed by atoms with Gasteiger partial charge in [-0.25, -0.2) is 0 Å². The zero-order chi connectivity index (χ0) is 21.8. The second-order valence-corrected chi connectivity index (χ2v) is 9.34. The van der Waals surface area contributed by atoms with Crippen molar-refractivity contribution < 1.29 is 0 Å². The zero-order valence-corrected chi connectivity index (χ0v) is 19.0. The van der Waals surface area contributed by atoms with Gasteiger partial charge in [-0.05, 0) is 75.9 Å². The first-order valence-electron chi connectivity index (χ1n) is 11.8. The van der Waals surface area contributed by atoms with Gasteiger partial charge in [0.1, 0.15) is 0 Å². The predicted molar refractivity (Wildman–Crippen MR) is 137 cm³/mol. The number of fused-ring (bicyclic) bond motifs is 3. The van der Waals surface area contributed by atoms with Gasteiger partial charge >= 0.3 is 0 Å². The van der Waals surface area contributed by atoms with Gasteiger partial charge in [-0.3, -0.25) is 0 Å². The van der Waals surface area contributed by atoms with Crippen LogP contribution in [0.15, 0.2) is 96.6 Å². The van der Waals surface area contributed by atoms with Crippen molar-refractivity contribution in [3.8, 4) is 11.1 Å². The first-order valence-corrected chi connectivity index (χ1v) is 11.8. The number of rotatable bonds is 3. The Hall–Kier alpha value is -3.38. The highest BCUT2D eigenvalue weighted by atomic mass is 14.4. The summed E-state index contributed by atoms with van der Waals surface area (Å²) in [5, 5.41) is 0. The molecule has 2 atom stereocenters. The van der Waals surface area contributed by atoms with E-state index in [0.717, 1.165) is 6.42 Å². The fraction of sp³-hybridized carbons (Fsp3) is 0.188. The van der Waals surface area contributed by atoms with Crippen molar-refractivity contribution in [3.63, 3.8) is 0 Å². The summed E-state index contributed by atoms with van der Waals surface area (Å²) < 4.78 is 0. The summed E-state index contributed by atoms with van der Waals surface area (Å²) in [5.41, 5.74) is 15.4. The Morgan fingerprint density at radius 2 is 1.66 bits per heavy atom. The van der Waals surface area contributed by atoms with Crippen molar-refractivity contribution >= 4 is 11.1 Å². The summed E-state index contributed by atoms with van der Waals surface area (Å²) >= 11 is 0. The van der Waals surface area contributed by atoms with Crippen LogP contribution in [0, 0.1) is 19.8 Å². The van der Waals surface area contributed by atoms with Crippen molar-refractivity contribution in [3.05, 3.63) is 130 Å². The first kappa shape index (κ1) is 19.3. The molecule has 0 spiro atoms. The molecule has 0 saturated heterocycles. The van der Waals surface area contributed by atoms with Crippen LogP contribution < -0.4 is 0 Å². The van der Waals surface area contributed by atoms with Gasteiger partial charge in [-0.2, -0.15) is 0 Å². The average molecular weight is 413 g/mol. The molecule has 0 bridgehead atoms. The van der Waals surface area contributed by atoms with E-state index < -0.39 is 0 Å². The van der Waals surface area contributed by atoms with Gasteiger partial charge in [0.25, 0.3) is 0 Å². The van der Waals surface area contributed by atoms with E-state index in [1.807, 2.05) is 0 Å². The van der Waals surface area contributed by atoms with Crippen molar-refractivity contribution in [1.29, 1.82) is 0 Å². The van der Waals surface area contributed by atoms with Crippen LogP contribution in [0.25, 0.3) is 22.3 Å². The molecule has 3 aliphatic carbocycles. The van der Waals surface area contributed by atoms with Crippen LogP contribution in [-0.4, -0.2) is 0 Å². The molecule has 0 heterocycles. The Kier molecular flexibility index (Phi) is 4.43. The highest BCUT2D eigenvalue weighted by Gasteiger charge is 2.40. The van der Waals surface area contributed by atoms with E-state index in [9.17, 15) is 0 Å². The summed E-state index contributed by atoms with van der Waals surface area (Å²) in [4.78, 5) is 0. The summed E-state index contributed by atoms with van der Waals surface area (Å²) in [6, 6.07) is 22.8. The standard InChI is InChI=1S/C32H28/c1-4-22-19-23(13-15-25(22)24-14-12-20(2)18-21(24)3)26-16-17-31-28-9-6-5-8-27(28)30-11-7-10-29(26)32(30)31/h5-19,31-32H,4H2,1-3H3. The molecule has 156 valence electrons. The number of hydrogen-bond acceptors (Lipinski definition) is 0. The van der Waals surface area contributed by atoms with Crippen LogP contribution >= 0.6 is 0 Å². The van der Waals surface area contributed by atoms with Gasteiger partial charge in [-0.15, -0.1) is 0 Å². The van der Waals surface area contributed by atoms with Crippen molar-refractivity contribution in [2.45, 2.75) is 33.1 Å². The Morgan fingerprint density at radius 3 is 2.50 bits per heavy atom. The summed E-state index contributed by atoms with van der Waals surface area (Å²) in [7, 11) is 0. The molecule has 0 heteroatoms. The molecular formula is C32H28. The second kappa shape index (κ2) is 7.35. The normalized spacial score (nSPS) is 20.3. The Morgan fingerprint density at radius 1 is 0.812 bits per heavy atom. The summed E-state index contributed by atoms with van der Waals surface area (Å²) in [6.45, 7) is 6.66. The van der Waals surface area contributed by atoms with Crippen LogP contribution in [0.2, 0.25) is 0 Å². The third-order valence-corrected chi connectivity index (χ3v) is 7.46. The van der Waals surface area contributed by atoms with Crippen molar-refractivity contribution in [1.82, 2.24) is 0 Å². The minimum absolute atomic E-state index is 0.446. The van der Waals surface area contributed by atoms with E-state index in [4.69, 9.17) is 0 Å². The third kappa shape index (κ3) is 2.83. The molecule has 0 aromatic heterocycles. The molecule has 0 nitrogen and oxygen atoms in total. The van der Waals surface area contributed by atoms with Gasteiger partial charge in [0.15, 0.2) is 0 Å². The fourth-order valence-corrected chi connectivity index (χ4v) is 5.97. The maximum Gasteiger partial charge on any atom is 0.0205 e. The topological polar surface area (TPSA) is 0 Å². The minimum Gasteiger partial charge on any atom is -0.0754 e. The van der Waals surface area contributed by atoms with Crippen LogP contribution in [0.4, 0.5) is 0 Å². The van der Waals surface area contributed by atoms with Gasteiger partial charge in [0, 0.05) is 11.8 Å². The SMILES string of the molecule is CCc1cc(C2=C3C=CC=C4c5ccccc5C(C=C2)C43)ccc1-c1ccc(C)cc1C. The monoisotopic (exact) mass is 412 g/mol. The Labute approximate surface area is 191 Å². The highest BCUT2D eigenvalue weighted by Crippen LogP contribution is 2.55. The fourth-order valence-electron chi connectivity index (χ4n) is 5.97. The largest absolute Gasteiger partial charge is 0.0754 e. The van der Waals surface area contributed by atoms with Crippen LogP contribution in [-0.2, 0) is 6.42 Å². The molecule has 6 rings (SSSR count). The molecule has 32 heavy (non-hydrogen) atoms. The summed E-state index contributed by atoms with van der Waals surface area (Å²) in [6.07, 6.45) is 12.7. The third-order valence-electron chi connectivity index (χ3n) is 7.46. The second-order valence-electron chi connectivity index (χ2n) is 9.34. The van der Waals surface area contributed by atoms with Crippen LogP contribution in [0.1, 0.15) is 46.2 Å². The van der Waals surface area contributed by atoms with E-state index in [0.29, 0.717) is 11.8 Å². The van der Waals surface area contributed by atoms with Crippen LogP contribution in [0.3, 0.4) is 0 Å². The van der Waals surface area contributed by atoms with E-state index in [1.54, 1.807) is 0 Å². The highest BCUT2D eigenvalue weighted by molar-refractivity contribution is 5.91. The molecule has 3 aromatic rings. The predicted octanol–water partition coefficient (Wildman–Crippen LogP) is 8.22. The van der Waals surface area contributed by atoms with Gasteiger partial charge in [0.2, 0.25) is 0 Å². The lowest BCUT2D eigenvalue weighted by atomic mass is 9.74. The van der Waals surface area contributed by atoms with Crippen LogP contribution in [0.5, 0.6) is 0 Å². The summed E-state index contributed by atoms with van der Waals surface area (Å²) in [5.74, 6) is 0.905. The molecule has 2 unspecified atom stereocenters. The quantitative estimate of drug-likeness (QED) is 0.406. The zero-order valence-electron chi connectivity index (χ0n) is 19.0. The molecule has 0 radical (unpaired) electrons. The molecule has 0 aliphatic heterocycles. The lowest BCUT2D eigenvalue weighted by Gasteiger charge is -2.29. The lowest BCUT2D eigenvalue weighted by Crippen LogP contribution is -2.14. The number of aryl methyl sites for hydroxylation is 3. The minimum atomic E-state index is 0.446. The molecule has 0 amide bonds. The first-order chi connectivity index (χ1) is 15.7. The number of benzene rings is 3. The molecule has 3 aromatic carbocycles. The number of hydrogen-bond donors (Lipinski definition) is 0. The van der Waals surface area contributed by atoms with Crippen molar-refractivity contribution in [2.24, 2.45) is 5.92 Å². The molecule has 0 saturated carbocycles. The van der Waals surface area contributed by atoms with Gasteiger partial charge < -0.3 is 0 Å². The molecule has 0 N–H and O–H groups in total. The smallest absolute Gasteiger partial charge is 0.0205 e. The van der Waals surface area contributed by atoms with Gasteiger partial charge in [-0.1, -0.05) is 104 Å². The van der Waals surface area contributed by atoms with E-state index in [-0.39, 0.29) is 0 Å². The van der Waals surface area contributed by atoms with E-state index in [2.05, 4.69) is 112 Å². The Balaban J connectivity index is 1.46. The number of allylic oxidation sites excluding steroid dienone is 8.